The van der Waals surface area contributed by atoms with Crippen molar-refractivity contribution in [2.45, 2.75) is 50.9 Å². The lowest BCUT2D eigenvalue weighted by Crippen LogP contribution is -2.39. The van der Waals surface area contributed by atoms with Gasteiger partial charge in [-0.25, -0.2) is 23.4 Å². The molecule has 0 aliphatic carbocycles. The highest BCUT2D eigenvalue weighted by molar-refractivity contribution is 6.01. The van der Waals surface area contributed by atoms with Crippen molar-refractivity contribution in [3.63, 3.8) is 0 Å². The second-order valence-corrected chi connectivity index (χ2v) is 16.0. The third kappa shape index (κ3) is 8.68. The number of carbonyl (C=O) groups excluding carboxylic acids is 3. The predicted octanol–water partition coefficient (Wildman–Crippen LogP) is 6.41. The van der Waals surface area contributed by atoms with E-state index in [0.29, 0.717) is 67.5 Å². The van der Waals surface area contributed by atoms with Crippen molar-refractivity contribution in [2.24, 2.45) is 7.05 Å². The number of amides is 3. The molecule has 0 saturated carbocycles. The van der Waals surface area contributed by atoms with E-state index >= 15 is 4.39 Å². The second kappa shape index (κ2) is 18.4. The van der Waals surface area contributed by atoms with Gasteiger partial charge in [-0.2, -0.15) is 5.10 Å². The SMILES string of the molecule is CCc1c(-c2ccc(-n3cnn(C)c3=O)cc2-c2ccc(C3CCN(c4ccc(C5CCC(=O)NC5=O)cc4F)CC3)cc2OC)ccnc1N(C=O)CCN(C)c1cccnc1. The molecule has 1 unspecified atom stereocenters. The molecule has 3 aromatic carbocycles. The molecule has 5 heterocycles. The first kappa shape index (κ1) is 42.5. The number of hydrogen-bond acceptors (Lipinski definition) is 10. The number of imide groups is 1. The molecule has 0 bridgehead atoms. The van der Waals surface area contributed by atoms with E-state index in [1.54, 1.807) is 49.8 Å². The quantitative estimate of drug-likeness (QED) is 0.0964. The molecule has 15 heteroatoms. The van der Waals surface area contributed by atoms with Crippen LogP contribution in [0, 0.1) is 5.82 Å². The average molecular weight is 852 g/mol. The number of hydrogen-bond donors (Lipinski definition) is 1. The van der Waals surface area contributed by atoms with Crippen LogP contribution in [0.25, 0.3) is 27.9 Å². The third-order valence-corrected chi connectivity index (χ3v) is 12.4. The molecule has 3 aromatic heterocycles. The molecule has 0 spiro atoms. The summed E-state index contributed by atoms with van der Waals surface area (Å²) < 4.78 is 24.5. The lowest BCUT2D eigenvalue weighted by molar-refractivity contribution is -0.134. The summed E-state index contributed by atoms with van der Waals surface area (Å²) in [7, 11) is 5.21. The standard InChI is InChI=1S/C48H50FN9O5/c1-5-36-39(16-20-51-46(36)57(30-59)24-23-54(2)35-7-6-19-50-28-35)38-12-10-34(58-29-52-55(3)48(58)62)27-41(38)40-11-8-32(26-44(40)63-4)31-17-21-56(22-18-31)43-14-9-33(25-42(43)49)37-13-15-45(60)53-47(37)61/h6-12,14,16,19-20,25-31,37H,5,13,15,17-18,21-24H2,1-4H3,(H,53,60,61). The minimum absolute atomic E-state index is 0.191. The van der Waals surface area contributed by atoms with Crippen LogP contribution in [0.4, 0.5) is 21.6 Å². The Hall–Kier alpha value is -7.16. The molecule has 2 aliphatic rings. The molecule has 14 nitrogen and oxygen atoms in total. The molecule has 8 rings (SSSR count). The number of pyridine rings is 2. The van der Waals surface area contributed by atoms with E-state index in [9.17, 15) is 19.2 Å². The van der Waals surface area contributed by atoms with E-state index < -0.39 is 5.92 Å². The van der Waals surface area contributed by atoms with Crippen molar-refractivity contribution >= 4 is 35.4 Å². The summed E-state index contributed by atoms with van der Waals surface area (Å²) >= 11 is 0. The minimum Gasteiger partial charge on any atom is -0.496 e. The number of nitrogens with zero attached hydrogens (tertiary/aromatic N) is 8. The fourth-order valence-electron chi connectivity index (χ4n) is 8.85. The molecule has 2 fully saturated rings. The number of piperidine rings is 2. The Labute approximate surface area is 365 Å². The number of ether oxygens (including phenoxy) is 1. The van der Waals surface area contributed by atoms with Gasteiger partial charge in [-0.15, -0.1) is 0 Å². The van der Waals surface area contributed by atoms with Gasteiger partial charge in [-0.05, 0) is 108 Å². The Morgan fingerprint density at radius 1 is 0.905 bits per heavy atom. The summed E-state index contributed by atoms with van der Waals surface area (Å²) in [5, 5.41) is 6.55. The zero-order chi connectivity index (χ0) is 44.2. The van der Waals surface area contributed by atoms with Crippen molar-refractivity contribution in [3.05, 3.63) is 131 Å². The number of aromatic nitrogens is 5. The van der Waals surface area contributed by atoms with Gasteiger partial charge in [-0.3, -0.25) is 29.6 Å². The highest BCUT2D eigenvalue weighted by atomic mass is 19.1. The Morgan fingerprint density at radius 3 is 2.38 bits per heavy atom. The topological polar surface area (TPSA) is 148 Å². The summed E-state index contributed by atoms with van der Waals surface area (Å²) in [5.74, 6) is -0.194. The van der Waals surface area contributed by atoms with Crippen LogP contribution in [-0.4, -0.2) is 82.9 Å². The van der Waals surface area contributed by atoms with E-state index in [2.05, 4.69) is 33.6 Å². The molecule has 2 aliphatic heterocycles. The lowest BCUT2D eigenvalue weighted by Gasteiger charge is -2.34. The van der Waals surface area contributed by atoms with Crippen molar-refractivity contribution in [1.82, 2.24) is 29.6 Å². The molecule has 1 N–H and O–H groups in total. The monoisotopic (exact) mass is 851 g/mol. The number of rotatable bonds is 14. The Kier molecular flexibility index (Phi) is 12.4. The molecule has 2 saturated heterocycles. The van der Waals surface area contributed by atoms with Crippen LogP contribution >= 0.6 is 0 Å². The minimum atomic E-state index is -0.545. The Morgan fingerprint density at radius 2 is 1.70 bits per heavy atom. The van der Waals surface area contributed by atoms with Crippen molar-refractivity contribution in [2.75, 3.05) is 55.0 Å². The molecule has 3 amide bonds. The maximum Gasteiger partial charge on any atom is 0.350 e. The fraction of sp³-hybridized carbons (Fsp3) is 0.312. The summed E-state index contributed by atoms with van der Waals surface area (Å²) in [5.41, 5.74) is 7.75. The first-order valence-corrected chi connectivity index (χ1v) is 21.2. The smallest absolute Gasteiger partial charge is 0.350 e. The Balaban J connectivity index is 1.09. The average Bonchev–Trinajstić information content (AvgIpc) is 3.65. The van der Waals surface area contributed by atoms with Gasteiger partial charge in [0.15, 0.2) is 0 Å². The van der Waals surface area contributed by atoms with E-state index in [1.807, 2.05) is 60.2 Å². The zero-order valence-corrected chi connectivity index (χ0v) is 35.8. The lowest BCUT2D eigenvalue weighted by atomic mass is 9.86. The van der Waals surface area contributed by atoms with Crippen LogP contribution in [0.2, 0.25) is 0 Å². The van der Waals surface area contributed by atoms with Gasteiger partial charge in [0.2, 0.25) is 18.2 Å². The van der Waals surface area contributed by atoms with Gasteiger partial charge >= 0.3 is 5.69 Å². The van der Waals surface area contributed by atoms with E-state index in [1.165, 1.54) is 21.6 Å². The number of anilines is 3. The summed E-state index contributed by atoms with van der Waals surface area (Å²) in [6.45, 7) is 4.27. The van der Waals surface area contributed by atoms with Gasteiger partial charge in [0.1, 0.15) is 23.7 Å². The molecule has 1 atom stereocenters. The molecular formula is C48H50FN9O5. The van der Waals surface area contributed by atoms with Crippen molar-refractivity contribution in [3.8, 4) is 33.7 Å². The summed E-state index contributed by atoms with van der Waals surface area (Å²) in [6.07, 6.45) is 10.3. The van der Waals surface area contributed by atoms with E-state index in [4.69, 9.17) is 9.72 Å². The highest BCUT2D eigenvalue weighted by Gasteiger charge is 2.30. The van der Waals surface area contributed by atoms with Gasteiger partial charge in [0, 0.05) is 70.2 Å². The number of carbonyl (C=O) groups is 3. The second-order valence-electron chi connectivity index (χ2n) is 16.0. The Bertz CT molecular complexity index is 2710. The maximum absolute atomic E-state index is 15.6. The van der Waals surface area contributed by atoms with Crippen LogP contribution in [0.3, 0.4) is 0 Å². The molecule has 324 valence electrons. The van der Waals surface area contributed by atoms with Crippen LogP contribution < -0.4 is 30.4 Å². The van der Waals surface area contributed by atoms with Crippen LogP contribution in [0.5, 0.6) is 5.75 Å². The molecular weight excluding hydrogens is 802 g/mol. The first-order valence-electron chi connectivity index (χ1n) is 21.2. The maximum atomic E-state index is 15.6. The van der Waals surface area contributed by atoms with Crippen LogP contribution in [0.15, 0.2) is 103 Å². The number of halogens is 1. The van der Waals surface area contributed by atoms with Gasteiger partial charge in [-0.1, -0.05) is 31.2 Å². The number of nitrogens with one attached hydrogen (secondary N) is 1. The number of benzene rings is 3. The van der Waals surface area contributed by atoms with Crippen molar-refractivity contribution in [1.29, 1.82) is 0 Å². The molecule has 0 radical (unpaired) electrons. The van der Waals surface area contributed by atoms with Gasteiger partial charge in [0.25, 0.3) is 0 Å². The summed E-state index contributed by atoms with van der Waals surface area (Å²) in [4.78, 5) is 64.6. The number of likely N-dealkylation sites (N-methyl/N-ethyl adjacent to an activating group) is 1. The number of aryl methyl sites for hydroxylation is 1. The molecule has 6 aromatic rings. The first-order chi connectivity index (χ1) is 30.6. The largest absolute Gasteiger partial charge is 0.496 e. The van der Waals surface area contributed by atoms with Gasteiger partial charge < -0.3 is 14.5 Å². The molecule has 63 heavy (non-hydrogen) atoms. The number of methoxy groups -OCH3 is 1. The third-order valence-electron chi connectivity index (χ3n) is 12.4. The summed E-state index contributed by atoms with van der Waals surface area (Å²) in [6, 6.07) is 22.9. The predicted molar refractivity (Wildman–Crippen MR) is 240 cm³/mol. The highest BCUT2D eigenvalue weighted by Crippen LogP contribution is 2.43. The van der Waals surface area contributed by atoms with Crippen LogP contribution in [0.1, 0.15) is 61.1 Å². The van der Waals surface area contributed by atoms with Crippen molar-refractivity contribution < 1.29 is 23.5 Å². The van der Waals surface area contributed by atoms with Gasteiger partial charge in [0.05, 0.1) is 36.3 Å². The fourth-order valence-corrected chi connectivity index (χ4v) is 8.85. The van der Waals surface area contributed by atoms with E-state index in [-0.39, 0.29) is 35.7 Å². The normalized spacial score (nSPS) is 15.6. The van der Waals surface area contributed by atoms with Crippen LogP contribution in [-0.2, 0) is 27.9 Å². The van der Waals surface area contributed by atoms with E-state index in [0.717, 1.165) is 58.3 Å². The zero-order valence-electron chi connectivity index (χ0n) is 35.8.